The number of ketones is 1. The molecule has 9 heteroatoms. The molecule has 1 fully saturated rings. The molecule has 0 amide bonds. The molecule has 1 saturated heterocycles. The topological polar surface area (TPSA) is 102 Å². The van der Waals surface area contributed by atoms with Crippen LogP contribution in [0.5, 0.6) is 0 Å². The van der Waals surface area contributed by atoms with Crippen molar-refractivity contribution in [1.29, 1.82) is 0 Å². The molecule has 9 nitrogen and oxygen atoms in total. The Labute approximate surface area is 206 Å². The number of nitrogens with zero attached hydrogens (tertiary/aromatic N) is 4. The zero-order chi connectivity index (χ0) is 24.6. The summed E-state index contributed by atoms with van der Waals surface area (Å²) in [5.41, 5.74) is 2.10. The van der Waals surface area contributed by atoms with Crippen molar-refractivity contribution in [3.05, 3.63) is 83.0 Å². The van der Waals surface area contributed by atoms with Gasteiger partial charge in [0.15, 0.2) is 5.78 Å². The largest absolute Gasteiger partial charge is 0.422 e. The van der Waals surface area contributed by atoms with Crippen LogP contribution in [0.2, 0.25) is 0 Å². The Morgan fingerprint density at radius 2 is 1.89 bits per heavy atom. The fourth-order valence-corrected chi connectivity index (χ4v) is 4.64. The average molecular weight is 482 g/mol. The van der Waals surface area contributed by atoms with E-state index in [1.54, 1.807) is 12.3 Å². The van der Waals surface area contributed by atoms with E-state index in [9.17, 15) is 9.59 Å². The van der Waals surface area contributed by atoms with Crippen LogP contribution in [0.25, 0.3) is 27.7 Å². The van der Waals surface area contributed by atoms with Crippen molar-refractivity contribution in [3.8, 4) is 5.82 Å². The van der Waals surface area contributed by atoms with Crippen molar-refractivity contribution in [2.75, 3.05) is 36.5 Å². The lowest BCUT2D eigenvalue weighted by Crippen LogP contribution is -2.38. The van der Waals surface area contributed by atoms with E-state index in [-0.39, 0.29) is 11.3 Å². The van der Waals surface area contributed by atoms with Crippen molar-refractivity contribution < 1.29 is 13.9 Å². The van der Waals surface area contributed by atoms with E-state index < -0.39 is 5.63 Å². The van der Waals surface area contributed by atoms with Crippen molar-refractivity contribution in [2.45, 2.75) is 6.92 Å². The number of nitrogens with one attached hydrogen (secondary N) is 1. The third kappa shape index (κ3) is 3.89. The smallest absolute Gasteiger partial charge is 0.349 e. The Morgan fingerprint density at radius 1 is 1.06 bits per heavy atom. The first-order chi connectivity index (χ1) is 17.6. The molecule has 36 heavy (non-hydrogen) atoms. The van der Waals surface area contributed by atoms with Gasteiger partial charge < -0.3 is 23.9 Å². The Bertz CT molecular complexity index is 1670. The molecule has 3 aromatic heterocycles. The minimum Gasteiger partial charge on any atom is -0.422 e. The van der Waals surface area contributed by atoms with E-state index in [0.717, 1.165) is 16.7 Å². The van der Waals surface area contributed by atoms with Crippen LogP contribution in [-0.4, -0.2) is 46.6 Å². The van der Waals surface area contributed by atoms with E-state index in [0.29, 0.717) is 54.6 Å². The number of fused-ring (bicyclic) bond motifs is 2. The predicted octanol–water partition coefficient (Wildman–Crippen LogP) is 4.31. The first-order valence-electron chi connectivity index (χ1n) is 11.7. The minimum atomic E-state index is -0.647. The minimum absolute atomic E-state index is 0.0695. The number of ether oxygens (including phenoxy) is 1. The number of Topliss-reactive ketones (excluding diaryl/α,β-unsaturated/α-hetero) is 1. The highest BCUT2D eigenvalue weighted by Crippen LogP contribution is 2.32. The molecular formula is C27H23N5O4. The Morgan fingerprint density at radius 3 is 2.72 bits per heavy atom. The van der Waals surface area contributed by atoms with Crippen molar-refractivity contribution in [3.63, 3.8) is 0 Å². The monoisotopic (exact) mass is 481 g/mol. The molecule has 0 saturated carbocycles. The fourth-order valence-electron chi connectivity index (χ4n) is 4.64. The fraction of sp³-hybridized carbons (Fsp3) is 0.185. The maximum Gasteiger partial charge on any atom is 0.349 e. The van der Waals surface area contributed by atoms with Gasteiger partial charge in [-0.25, -0.2) is 9.78 Å². The van der Waals surface area contributed by atoms with Gasteiger partial charge in [-0.05, 0) is 42.6 Å². The molecule has 0 radical (unpaired) electrons. The molecule has 0 bridgehead atoms. The summed E-state index contributed by atoms with van der Waals surface area (Å²) in [6.07, 6.45) is 3.66. The van der Waals surface area contributed by atoms with Crippen LogP contribution in [0.3, 0.4) is 0 Å². The van der Waals surface area contributed by atoms with Gasteiger partial charge in [-0.2, -0.15) is 4.98 Å². The SMILES string of the molecule is CC(=O)c1c(N2CCOCC2)c2ccc(Nc3nccc(-n4ccc5ccccc54)n3)cc2oc1=O. The Balaban J connectivity index is 1.38. The summed E-state index contributed by atoms with van der Waals surface area (Å²) < 4.78 is 13.0. The number of anilines is 3. The maximum atomic E-state index is 12.8. The number of para-hydroxylation sites is 1. The van der Waals surface area contributed by atoms with E-state index >= 15 is 0 Å². The standard InChI is InChI=1S/C27H23N5O4/c1-17(33)24-25(31-12-14-35-15-13-31)20-7-6-19(16-22(20)36-26(24)34)29-27-28-10-8-23(30-27)32-11-9-18-4-2-3-5-21(18)32/h2-11,16H,12-15H2,1H3,(H,28,29,30). The highest BCUT2D eigenvalue weighted by molar-refractivity contribution is 6.07. The summed E-state index contributed by atoms with van der Waals surface area (Å²) in [6.45, 7) is 3.63. The van der Waals surface area contributed by atoms with Crippen molar-refractivity contribution in [2.24, 2.45) is 0 Å². The van der Waals surface area contributed by atoms with Gasteiger partial charge in [0.1, 0.15) is 17.0 Å². The molecule has 180 valence electrons. The van der Waals surface area contributed by atoms with E-state index in [2.05, 4.69) is 21.4 Å². The third-order valence-electron chi connectivity index (χ3n) is 6.30. The van der Waals surface area contributed by atoms with Gasteiger partial charge in [0, 0.05) is 42.6 Å². The second-order valence-corrected chi connectivity index (χ2v) is 8.59. The molecule has 2 aromatic carbocycles. The van der Waals surface area contributed by atoms with Crippen LogP contribution in [0, 0.1) is 0 Å². The molecule has 1 N–H and O–H groups in total. The summed E-state index contributed by atoms with van der Waals surface area (Å²) in [5, 5.41) is 5.02. The van der Waals surface area contributed by atoms with E-state index in [1.807, 2.05) is 58.1 Å². The molecule has 1 aliphatic heterocycles. The van der Waals surface area contributed by atoms with Gasteiger partial charge >= 0.3 is 5.63 Å². The lowest BCUT2D eigenvalue weighted by atomic mass is 10.1. The lowest BCUT2D eigenvalue weighted by Gasteiger charge is -2.30. The van der Waals surface area contributed by atoms with E-state index in [4.69, 9.17) is 9.15 Å². The normalized spacial score (nSPS) is 13.9. The van der Waals surface area contributed by atoms with Crippen LogP contribution in [-0.2, 0) is 4.74 Å². The molecule has 0 spiro atoms. The van der Waals surface area contributed by atoms with Gasteiger partial charge in [-0.15, -0.1) is 0 Å². The zero-order valence-electron chi connectivity index (χ0n) is 19.6. The average Bonchev–Trinajstić information content (AvgIpc) is 3.32. The van der Waals surface area contributed by atoms with Gasteiger partial charge in [0.2, 0.25) is 5.95 Å². The molecule has 6 rings (SSSR count). The number of carbonyl (C=O) groups is 1. The molecule has 4 heterocycles. The molecular weight excluding hydrogens is 458 g/mol. The first kappa shape index (κ1) is 22.0. The van der Waals surface area contributed by atoms with Crippen molar-refractivity contribution >= 4 is 45.0 Å². The van der Waals surface area contributed by atoms with Gasteiger partial charge in [-0.1, -0.05) is 18.2 Å². The number of rotatable bonds is 5. The van der Waals surface area contributed by atoms with E-state index in [1.165, 1.54) is 6.92 Å². The molecule has 5 aromatic rings. The summed E-state index contributed by atoms with van der Waals surface area (Å²) >= 11 is 0. The lowest BCUT2D eigenvalue weighted by molar-refractivity contribution is 0.101. The van der Waals surface area contributed by atoms with Crippen LogP contribution in [0.15, 0.2) is 76.2 Å². The van der Waals surface area contributed by atoms with Crippen molar-refractivity contribution in [1.82, 2.24) is 14.5 Å². The van der Waals surface area contributed by atoms with Crippen LogP contribution in [0.1, 0.15) is 17.3 Å². The quantitative estimate of drug-likeness (QED) is 0.293. The number of benzene rings is 2. The van der Waals surface area contributed by atoms with Gasteiger partial charge in [0.25, 0.3) is 0 Å². The first-order valence-corrected chi connectivity index (χ1v) is 11.7. The number of morpholine rings is 1. The zero-order valence-corrected chi connectivity index (χ0v) is 19.6. The second kappa shape index (κ2) is 8.94. The van der Waals surface area contributed by atoms with Gasteiger partial charge in [0.05, 0.1) is 24.4 Å². The molecule has 0 unspecified atom stereocenters. The van der Waals surface area contributed by atoms with Crippen LogP contribution in [0.4, 0.5) is 17.3 Å². The Hall–Kier alpha value is -4.50. The van der Waals surface area contributed by atoms with Crippen LogP contribution >= 0.6 is 0 Å². The highest BCUT2D eigenvalue weighted by Gasteiger charge is 2.24. The Kier molecular flexibility index (Phi) is 5.46. The van der Waals surface area contributed by atoms with Gasteiger partial charge in [-0.3, -0.25) is 4.79 Å². The number of carbonyl (C=O) groups excluding carboxylic acids is 1. The molecule has 1 aliphatic rings. The number of hydrogen-bond donors (Lipinski definition) is 1. The summed E-state index contributed by atoms with van der Waals surface area (Å²) in [6, 6.07) is 17.4. The molecule has 0 aliphatic carbocycles. The van der Waals surface area contributed by atoms with Crippen LogP contribution < -0.4 is 15.8 Å². The summed E-state index contributed by atoms with van der Waals surface area (Å²) in [5.74, 6) is 0.805. The maximum absolute atomic E-state index is 12.8. The summed E-state index contributed by atoms with van der Waals surface area (Å²) in [4.78, 5) is 36.2. The third-order valence-corrected chi connectivity index (χ3v) is 6.30. The highest BCUT2D eigenvalue weighted by atomic mass is 16.5. The number of aromatic nitrogens is 3. The number of hydrogen-bond acceptors (Lipinski definition) is 8. The molecule has 0 atom stereocenters. The second-order valence-electron chi connectivity index (χ2n) is 8.59. The predicted molar refractivity (Wildman–Crippen MR) is 138 cm³/mol. The summed E-state index contributed by atoms with van der Waals surface area (Å²) in [7, 11) is 0.